The van der Waals surface area contributed by atoms with Crippen molar-refractivity contribution in [3.63, 3.8) is 0 Å². The van der Waals surface area contributed by atoms with Crippen molar-refractivity contribution in [2.75, 3.05) is 0 Å². The van der Waals surface area contributed by atoms with Gasteiger partial charge in [0.05, 0.1) is 22.4 Å². The van der Waals surface area contributed by atoms with Crippen LogP contribution in [0.15, 0.2) is 152 Å². The van der Waals surface area contributed by atoms with Gasteiger partial charge in [0.1, 0.15) is 0 Å². The zero-order valence-corrected chi connectivity index (χ0v) is 25.8. The van der Waals surface area contributed by atoms with Gasteiger partial charge in [-0.25, -0.2) is 4.98 Å². The Kier molecular flexibility index (Phi) is 5.11. The molecule has 0 amide bonds. The monoisotopic (exact) mass is 607 g/mol. The lowest BCUT2D eigenvalue weighted by molar-refractivity contribution is 1.30. The summed E-state index contributed by atoms with van der Waals surface area (Å²) in [5.41, 5.74) is 5.73. The fourth-order valence-electron chi connectivity index (χ4n) is 8.03. The molecule has 3 heteroatoms. The molecule has 0 aliphatic carbocycles. The molecular weight excluding hydrogens is 583 g/mol. The Morgan fingerprint density at radius 1 is 0.333 bits per heavy atom. The fourth-order valence-corrected chi connectivity index (χ4v) is 8.03. The topological polar surface area (TPSA) is 38.7 Å². The number of hydrogen-bond donors (Lipinski definition) is 0. The first-order chi connectivity index (χ1) is 23.8. The minimum Gasteiger partial charge on any atom is -0.256 e. The first-order valence-corrected chi connectivity index (χ1v) is 16.3. The lowest BCUT2D eigenvalue weighted by Gasteiger charge is -2.17. The van der Waals surface area contributed by atoms with E-state index in [-0.39, 0.29) is 0 Å². The van der Waals surface area contributed by atoms with Crippen molar-refractivity contribution in [1.82, 2.24) is 15.0 Å². The number of benzene rings is 7. The van der Waals surface area contributed by atoms with Crippen molar-refractivity contribution >= 4 is 86.4 Å². The Hall–Kier alpha value is -6.45. The summed E-state index contributed by atoms with van der Waals surface area (Å²) in [6, 6.07) is 50.6. The molecule has 3 nitrogen and oxygen atoms in total. The van der Waals surface area contributed by atoms with Crippen molar-refractivity contribution in [3.05, 3.63) is 152 Å². The largest absolute Gasteiger partial charge is 0.256 e. The van der Waals surface area contributed by atoms with Gasteiger partial charge < -0.3 is 0 Å². The van der Waals surface area contributed by atoms with Crippen LogP contribution in [0.3, 0.4) is 0 Å². The van der Waals surface area contributed by atoms with E-state index in [1.165, 1.54) is 64.6 Å². The van der Waals surface area contributed by atoms with Gasteiger partial charge in [-0.15, -0.1) is 0 Å². The van der Waals surface area contributed by atoms with Crippen LogP contribution in [0.1, 0.15) is 0 Å². The highest BCUT2D eigenvalue weighted by molar-refractivity contribution is 6.37. The molecule has 3 aromatic heterocycles. The standard InChI is InChI=1S/C45H25N3/c1-5-26-12-13-27-7-3-11-36-37-24-33(23-31-17-14-28-6-2-10-35(41(28)43(31)37)34(9-1)40(26)42(27)36)38-20-19-32(25-47-38)39-21-18-30-16-15-29-8-4-22-46-44(29)45(30)48-39/h1-25H. The van der Waals surface area contributed by atoms with Crippen LogP contribution >= 0.6 is 0 Å². The number of fused-ring (bicyclic) bond motifs is 5. The first kappa shape index (κ1) is 25.7. The quantitative estimate of drug-likeness (QED) is 0.184. The summed E-state index contributed by atoms with van der Waals surface area (Å²) in [5.74, 6) is 0. The average molecular weight is 608 g/mol. The molecule has 0 unspecified atom stereocenters. The first-order valence-electron chi connectivity index (χ1n) is 16.3. The average Bonchev–Trinajstić information content (AvgIpc) is 3.15. The molecule has 0 radical (unpaired) electrons. The Labute approximate surface area is 275 Å². The smallest absolute Gasteiger partial charge is 0.0972 e. The highest BCUT2D eigenvalue weighted by Crippen LogP contribution is 2.44. The summed E-state index contributed by atoms with van der Waals surface area (Å²) >= 11 is 0. The summed E-state index contributed by atoms with van der Waals surface area (Å²) in [7, 11) is 0. The minimum absolute atomic E-state index is 0.887. The van der Waals surface area contributed by atoms with Crippen LogP contribution in [0.4, 0.5) is 0 Å². The molecule has 0 saturated heterocycles. The van der Waals surface area contributed by atoms with E-state index in [4.69, 9.17) is 9.97 Å². The van der Waals surface area contributed by atoms with E-state index in [1.807, 2.05) is 18.5 Å². The number of hydrogen-bond acceptors (Lipinski definition) is 3. The van der Waals surface area contributed by atoms with Gasteiger partial charge in [0.15, 0.2) is 0 Å². The van der Waals surface area contributed by atoms with Crippen LogP contribution in [0, 0.1) is 0 Å². The zero-order chi connectivity index (χ0) is 31.3. The van der Waals surface area contributed by atoms with Crippen molar-refractivity contribution in [2.24, 2.45) is 0 Å². The van der Waals surface area contributed by atoms with Crippen molar-refractivity contribution in [3.8, 4) is 22.5 Å². The van der Waals surface area contributed by atoms with Crippen LogP contribution < -0.4 is 0 Å². The Morgan fingerprint density at radius 3 is 1.54 bits per heavy atom. The second-order valence-electron chi connectivity index (χ2n) is 12.8. The minimum atomic E-state index is 0.887. The van der Waals surface area contributed by atoms with Crippen LogP contribution in [0.5, 0.6) is 0 Å². The van der Waals surface area contributed by atoms with E-state index >= 15 is 0 Å². The molecular formula is C45H25N3. The summed E-state index contributed by atoms with van der Waals surface area (Å²) < 4.78 is 0. The third-order valence-electron chi connectivity index (χ3n) is 10.2. The van der Waals surface area contributed by atoms with E-state index in [1.54, 1.807) is 0 Å². The molecule has 8 aromatic carbocycles. The van der Waals surface area contributed by atoms with Gasteiger partial charge in [0, 0.05) is 34.3 Å². The SMILES string of the molecule is c1cnc2c(c1)ccc1ccc(-c3ccc(-c4cc5ccc6cccc7c8cccc9ccc%10cccc(c(c4)c5c67)c%10c98)nc3)nc12. The Morgan fingerprint density at radius 2 is 0.875 bits per heavy atom. The van der Waals surface area contributed by atoms with Gasteiger partial charge in [-0.05, 0) is 101 Å². The summed E-state index contributed by atoms with van der Waals surface area (Å²) in [5, 5.41) is 17.5. The fraction of sp³-hybridized carbons (Fsp3) is 0. The highest BCUT2D eigenvalue weighted by atomic mass is 14.8. The molecule has 0 aliphatic rings. The number of rotatable bonds is 2. The molecule has 0 fully saturated rings. The molecule has 11 rings (SSSR count). The summed E-state index contributed by atoms with van der Waals surface area (Å²) in [6.07, 6.45) is 3.78. The molecule has 220 valence electrons. The van der Waals surface area contributed by atoms with E-state index in [2.05, 4.69) is 138 Å². The summed E-state index contributed by atoms with van der Waals surface area (Å²) in [6.45, 7) is 0. The van der Waals surface area contributed by atoms with Crippen molar-refractivity contribution in [2.45, 2.75) is 0 Å². The van der Waals surface area contributed by atoms with Gasteiger partial charge in [-0.3, -0.25) is 9.97 Å². The maximum Gasteiger partial charge on any atom is 0.0972 e. The zero-order valence-electron chi connectivity index (χ0n) is 25.8. The lowest BCUT2D eigenvalue weighted by Crippen LogP contribution is -1.91. The van der Waals surface area contributed by atoms with Crippen molar-refractivity contribution < 1.29 is 0 Å². The Balaban J connectivity index is 1.17. The molecule has 0 saturated carbocycles. The molecule has 48 heavy (non-hydrogen) atoms. The van der Waals surface area contributed by atoms with E-state index < -0.39 is 0 Å². The number of aromatic nitrogens is 3. The molecule has 3 heterocycles. The number of nitrogens with zero attached hydrogens (tertiary/aromatic N) is 3. The molecule has 11 aromatic rings. The van der Waals surface area contributed by atoms with E-state index in [0.29, 0.717) is 0 Å². The van der Waals surface area contributed by atoms with Crippen molar-refractivity contribution in [1.29, 1.82) is 0 Å². The van der Waals surface area contributed by atoms with E-state index in [0.717, 1.165) is 44.3 Å². The van der Waals surface area contributed by atoms with Gasteiger partial charge >= 0.3 is 0 Å². The van der Waals surface area contributed by atoms with Crippen LogP contribution in [0.2, 0.25) is 0 Å². The molecule has 0 N–H and O–H groups in total. The predicted octanol–water partition coefficient (Wildman–Crippen LogP) is 11.9. The lowest BCUT2D eigenvalue weighted by atomic mass is 9.87. The maximum atomic E-state index is 5.06. The highest BCUT2D eigenvalue weighted by Gasteiger charge is 2.16. The third-order valence-corrected chi connectivity index (χ3v) is 10.2. The molecule has 0 aliphatic heterocycles. The van der Waals surface area contributed by atoms with E-state index in [9.17, 15) is 0 Å². The van der Waals surface area contributed by atoms with Crippen LogP contribution in [-0.4, -0.2) is 15.0 Å². The van der Waals surface area contributed by atoms with Crippen LogP contribution in [-0.2, 0) is 0 Å². The second kappa shape index (κ2) is 9.54. The maximum absolute atomic E-state index is 5.06. The van der Waals surface area contributed by atoms with Crippen LogP contribution in [0.25, 0.3) is 109 Å². The summed E-state index contributed by atoms with van der Waals surface area (Å²) in [4.78, 5) is 14.7. The van der Waals surface area contributed by atoms with Gasteiger partial charge in [0.2, 0.25) is 0 Å². The second-order valence-corrected chi connectivity index (χ2v) is 12.8. The molecule has 0 atom stereocenters. The molecule has 0 bridgehead atoms. The van der Waals surface area contributed by atoms with Gasteiger partial charge in [0.25, 0.3) is 0 Å². The third kappa shape index (κ3) is 3.56. The van der Waals surface area contributed by atoms with Gasteiger partial charge in [-0.2, -0.15) is 0 Å². The normalized spacial score (nSPS) is 12.2. The Bertz CT molecular complexity index is 3100. The molecule has 0 spiro atoms. The number of pyridine rings is 3. The van der Waals surface area contributed by atoms with Gasteiger partial charge in [-0.1, -0.05) is 103 Å². The predicted molar refractivity (Wildman–Crippen MR) is 202 cm³/mol.